The minimum absolute atomic E-state index is 0.192. The molecule has 0 aromatic rings. The number of nitriles is 1. The average molecular weight is 292 g/mol. The summed E-state index contributed by atoms with van der Waals surface area (Å²) in [7, 11) is 2.17. The Balaban J connectivity index is 1.82. The molecule has 2 rings (SSSR count). The highest BCUT2D eigenvalue weighted by Gasteiger charge is 2.37. The molecule has 2 aliphatic rings. The summed E-state index contributed by atoms with van der Waals surface area (Å²) in [6.45, 7) is 9.69. The van der Waals surface area contributed by atoms with Crippen molar-refractivity contribution in [1.29, 1.82) is 5.26 Å². The fraction of sp³-hybridized carbons (Fsp3) is 0.944. The molecule has 0 aromatic heterocycles. The van der Waals surface area contributed by atoms with E-state index in [4.69, 9.17) is 4.74 Å². The molecule has 2 aliphatic carbocycles. The quantitative estimate of drug-likeness (QED) is 0.700. The zero-order chi connectivity index (χ0) is 15.5. The largest absolute Gasteiger partial charge is 0.380 e. The van der Waals surface area contributed by atoms with Crippen LogP contribution >= 0.6 is 0 Å². The van der Waals surface area contributed by atoms with E-state index in [2.05, 4.69) is 38.8 Å². The molecular formula is C18H32N2O. The lowest BCUT2D eigenvalue weighted by Gasteiger charge is -2.43. The number of nitrogens with zero attached hydrogens (tertiary/aromatic N) is 2. The third kappa shape index (κ3) is 4.97. The van der Waals surface area contributed by atoms with E-state index in [9.17, 15) is 5.26 Å². The molecule has 2 fully saturated rings. The third-order valence-electron chi connectivity index (χ3n) is 5.41. The molecule has 0 radical (unpaired) electrons. The molecule has 0 heterocycles. The molecule has 3 unspecified atom stereocenters. The molecule has 0 saturated heterocycles. The summed E-state index contributed by atoms with van der Waals surface area (Å²) < 4.78 is 5.76. The van der Waals surface area contributed by atoms with Crippen LogP contribution in [0.4, 0.5) is 0 Å². The first-order chi connectivity index (χ1) is 9.91. The number of likely N-dealkylation sites (N-methyl/N-ethyl adjacent to an activating group) is 1. The molecule has 0 aromatic carbocycles. The van der Waals surface area contributed by atoms with E-state index >= 15 is 0 Å². The zero-order valence-corrected chi connectivity index (χ0v) is 14.3. The molecule has 2 saturated carbocycles. The van der Waals surface area contributed by atoms with Crippen LogP contribution in [0.15, 0.2) is 0 Å². The standard InChI is InChI=1S/C18H32N2O/c1-18(2,3)16-8-7-15(12-19)17(11-16)20(4)9-10-21-13-14-5-6-14/h14-17H,5-11,13H2,1-4H3. The molecule has 3 heteroatoms. The Kier molecular flexibility index (Phi) is 5.68. The van der Waals surface area contributed by atoms with Crippen molar-refractivity contribution in [3.63, 3.8) is 0 Å². The second kappa shape index (κ2) is 7.11. The SMILES string of the molecule is CN(CCOCC1CC1)C1CC(C(C)(C)C)CCC1C#N. The third-order valence-corrected chi connectivity index (χ3v) is 5.41. The van der Waals surface area contributed by atoms with Gasteiger partial charge >= 0.3 is 0 Å². The van der Waals surface area contributed by atoms with E-state index in [0.29, 0.717) is 11.5 Å². The van der Waals surface area contributed by atoms with E-state index < -0.39 is 0 Å². The van der Waals surface area contributed by atoms with Crippen molar-refractivity contribution < 1.29 is 4.74 Å². The molecule has 0 bridgehead atoms. The lowest BCUT2D eigenvalue weighted by molar-refractivity contribution is 0.0464. The molecule has 0 spiro atoms. The fourth-order valence-electron chi connectivity index (χ4n) is 3.48. The van der Waals surface area contributed by atoms with E-state index in [1.165, 1.54) is 19.3 Å². The monoisotopic (exact) mass is 292 g/mol. The Hall–Kier alpha value is -0.590. The summed E-state index contributed by atoms with van der Waals surface area (Å²) in [5, 5.41) is 9.44. The van der Waals surface area contributed by atoms with Crippen LogP contribution in [-0.2, 0) is 4.74 Å². The molecule has 3 nitrogen and oxygen atoms in total. The average Bonchev–Trinajstić information content (AvgIpc) is 3.25. The fourth-order valence-corrected chi connectivity index (χ4v) is 3.48. The Bertz CT molecular complexity index is 364. The summed E-state index contributed by atoms with van der Waals surface area (Å²) in [5.41, 5.74) is 0.349. The van der Waals surface area contributed by atoms with Gasteiger partial charge in [-0.2, -0.15) is 5.26 Å². The van der Waals surface area contributed by atoms with Crippen LogP contribution in [0.5, 0.6) is 0 Å². The topological polar surface area (TPSA) is 36.3 Å². The smallest absolute Gasteiger partial charge is 0.0672 e. The summed E-state index contributed by atoms with van der Waals surface area (Å²) in [6.07, 6.45) is 6.10. The molecule has 0 aliphatic heterocycles. The highest BCUT2D eigenvalue weighted by Crippen LogP contribution is 2.41. The van der Waals surface area contributed by atoms with Gasteiger partial charge in [0.15, 0.2) is 0 Å². The van der Waals surface area contributed by atoms with Gasteiger partial charge in [-0.25, -0.2) is 0 Å². The lowest BCUT2D eigenvalue weighted by Crippen LogP contribution is -2.45. The van der Waals surface area contributed by atoms with Crippen LogP contribution < -0.4 is 0 Å². The summed E-state index contributed by atoms with van der Waals surface area (Å²) in [6, 6.07) is 2.94. The van der Waals surface area contributed by atoms with Crippen LogP contribution in [0.1, 0.15) is 52.9 Å². The Morgan fingerprint density at radius 2 is 1.90 bits per heavy atom. The lowest BCUT2D eigenvalue weighted by atomic mass is 9.68. The predicted octanol–water partition coefficient (Wildman–Crippen LogP) is 3.70. The Morgan fingerprint density at radius 3 is 2.48 bits per heavy atom. The van der Waals surface area contributed by atoms with Crippen LogP contribution in [0.25, 0.3) is 0 Å². The first-order valence-electron chi connectivity index (χ1n) is 8.59. The maximum atomic E-state index is 9.44. The molecule has 0 amide bonds. The van der Waals surface area contributed by atoms with Crippen LogP contribution in [-0.4, -0.2) is 37.7 Å². The maximum Gasteiger partial charge on any atom is 0.0672 e. The second-order valence-corrected chi connectivity index (χ2v) is 8.18. The van der Waals surface area contributed by atoms with Gasteiger partial charge in [0.2, 0.25) is 0 Å². The molecule has 3 atom stereocenters. The Morgan fingerprint density at radius 1 is 1.19 bits per heavy atom. The summed E-state index contributed by atoms with van der Waals surface area (Å²) in [4.78, 5) is 2.37. The van der Waals surface area contributed by atoms with Crippen molar-refractivity contribution in [1.82, 2.24) is 4.90 Å². The number of rotatable bonds is 6. The van der Waals surface area contributed by atoms with E-state index in [1.807, 2.05) is 0 Å². The van der Waals surface area contributed by atoms with Gasteiger partial charge in [0, 0.05) is 19.2 Å². The number of hydrogen-bond donors (Lipinski definition) is 0. The first-order valence-corrected chi connectivity index (χ1v) is 8.59. The van der Waals surface area contributed by atoms with Crippen molar-refractivity contribution in [2.24, 2.45) is 23.2 Å². The molecular weight excluding hydrogens is 260 g/mol. The van der Waals surface area contributed by atoms with Gasteiger partial charge in [-0.1, -0.05) is 20.8 Å². The van der Waals surface area contributed by atoms with Gasteiger partial charge in [0.1, 0.15) is 0 Å². The Labute approximate surface area is 130 Å². The summed E-state index contributed by atoms with van der Waals surface area (Å²) >= 11 is 0. The van der Waals surface area contributed by atoms with Gasteiger partial charge < -0.3 is 4.74 Å². The van der Waals surface area contributed by atoms with E-state index in [0.717, 1.165) is 44.4 Å². The number of hydrogen-bond acceptors (Lipinski definition) is 3. The highest BCUT2D eigenvalue weighted by atomic mass is 16.5. The minimum Gasteiger partial charge on any atom is -0.380 e. The molecule has 120 valence electrons. The first kappa shape index (κ1) is 16.8. The van der Waals surface area contributed by atoms with Crippen molar-refractivity contribution in [2.75, 3.05) is 26.8 Å². The summed E-state index contributed by atoms with van der Waals surface area (Å²) in [5.74, 6) is 1.75. The van der Waals surface area contributed by atoms with Crippen LogP contribution in [0.3, 0.4) is 0 Å². The van der Waals surface area contributed by atoms with Crippen molar-refractivity contribution >= 4 is 0 Å². The van der Waals surface area contributed by atoms with Crippen LogP contribution in [0.2, 0.25) is 0 Å². The zero-order valence-electron chi connectivity index (χ0n) is 14.3. The van der Waals surface area contributed by atoms with Gasteiger partial charge in [-0.05, 0) is 56.4 Å². The second-order valence-electron chi connectivity index (χ2n) is 8.18. The minimum atomic E-state index is 0.192. The maximum absolute atomic E-state index is 9.44. The number of ether oxygens (including phenoxy) is 1. The van der Waals surface area contributed by atoms with Crippen molar-refractivity contribution in [3.8, 4) is 6.07 Å². The molecule has 21 heavy (non-hydrogen) atoms. The van der Waals surface area contributed by atoms with Crippen LogP contribution in [0, 0.1) is 34.5 Å². The van der Waals surface area contributed by atoms with E-state index in [1.54, 1.807) is 0 Å². The van der Waals surface area contributed by atoms with Gasteiger partial charge in [-0.3, -0.25) is 4.90 Å². The van der Waals surface area contributed by atoms with E-state index in [-0.39, 0.29) is 5.92 Å². The van der Waals surface area contributed by atoms with Gasteiger partial charge in [0.25, 0.3) is 0 Å². The van der Waals surface area contributed by atoms with Crippen molar-refractivity contribution in [3.05, 3.63) is 0 Å². The molecule has 0 N–H and O–H groups in total. The highest BCUT2D eigenvalue weighted by molar-refractivity contribution is 4.98. The van der Waals surface area contributed by atoms with Gasteiger partial charge in [0.05, 0.1) is 18.6 Å². The van der Waals surface area contributed by atoms with Gasteiger partial charge in [-0.15, -0.1) is 0 Å². The van der Waals surface area contributed by atoms with Crippen molar-refractivity contribution in [2.45, 2.75) is 58.9 Å². The predicted molar refractivity (Wildman–Crippen MR) is 85.9 cm³/mol. The normalized spacial score (nSPS) is 30.4.